The molecule has 0 saturated heterocycles. The fourth-order valence-corrected chi connectivity index (χ4v) is 1.63. The predicted molar refractivity (Wildman–Crippen MR) is 73.7 cm³/mol. The van der Waals surface area contributed by atoms with Crippen LogP contribution in [0.1, 0.15) is 35.2 Å². The molecule has 100 valence electrons. The zero-order chi connectivity index (χ0) is 13.4. The largest absolute Gasteiger partial charge is 0.398 e. The van der Waals surface area contributed by atoms with Gasteiger partial charge >= 0.3 is 0 Å². The van der Waals surface area contributed by atoms with Crippen molar-refractivity contribution < 1.29 is 9.53 Å². The van der Waals surface area contributed by atoms with Crippen LogP contribution >= 0.6 is 0 Å². The van der Waals surface area contributed by atoms with Crippen LogP contribution in [0.5, 0.6) is 0 Å². The van der Waals surface area contributed by atoms with Crippen molar-refractivity contribution in [3.63, 3.8) is 0 Å². The van der Waals surface area contributed by atoms with Gasteiger partial charge in [0, 0.05) is 31.5 Å². The number of unbranched alkanes of at least 4 members (excludes halogenated alkanes) is 2. The lowest BCUT2D eigenvalue weighted by Gasteiger charge is -2.07. The van der Waals surface area contributed by atoms with Crippen LogP contribution < -0.4 is 11.1 Å². The van der Waals surface area contributed by atoms with Crippen LogP contribution in [0.3, 0.4) is 0 Å². The van der Waals surface area contributed by atoms with Gasteiger partial charge in [-0.05, 0) is 43.9 Å². The molecule has 4 heteroatoms. The zero-order valence-corrected chi connectivity index (χ0v) is 11.2. The number of anilines is 1. The second-order valence-corrected chi connectivity index (χ2v) is 4.38. The summed E-state index contributed by atoms with van der Waals surface area (Å²) in [6.45, 7) is 3.39. The highest BCUT2D eigenvalue weighted by molar-refractivity contribution is 5.95. The van der Waals surface area contributed by atoms with Gasteiger partial charge in [0.15, 0.2) is 0 Å². The number of aryl methyl sites for hydroxylation is 1. The third-order valence-corrected chi connectivity index (χ3v) is 2.85. The Balaban J connectivity index is 2.30. The normalized spacial score (nSPS) is 10.3. The van der Waals surface area contributed by atoms with Crippen LogP contribution in [0, 0.1) is 6.92 Å². The Morgan fingerprint density at radius 3 is 2.78 bits per heavy atom. The molecule has 4 nitrogen and oxygen atoms in total. The highest BCUT2D eigenvalue weighted by Crippen LogP contribution is 2.12. The lowest BCUT2D eigenvalue weighted by atomic mass is 10.1. The first kappa shape index (κ1) is 14.5. The molecule has 0 spiro atoms. The minimum absolute atomic E-state index is 0.0616. The van der Waals surface area contributed by atoms with Crippen LogP contribution in [0.15, 0.2) is 18.2 Å². The van der Waals surface area contributed by atoms with Gasteiger partial charge in [0.1, 0.15) is 0 Å². The molecule has 0 aromatic heterocycles. The highest BCUT2D eigenvalue weighted by atomic mass is 16.5. The highest BCUT2D eigenvalue weighted by Gasteiger charge is 2.05. The van der Waals surface area contributed by atoms with Crippen molar-refractivity contribution in [2.75, 3.05) is 26.0 Å². The Morgan fingerprint density at radius 1 is 1.33 bits per heavy atom. The van der Waals surface area contributed by atoms with Crippen molar-refractivity contribution in [3.8, 4) is 0 Å². The number of amides is 1. The summed E-state index contributed by atoms with van der Waals surface area (Å²) in [5, 5.41) is 2.89. The SMILES string of the molecule is COCCCCCNC(=O)c1ccc(C)c(N)c1. The third-order valence-electron chi connectivity index (χ3n) is 2.85. The molecule has 1 rings (SSSR count). The minimum Gasteiger partial charge on any atom is -0.398 e. The van der Waals surface area contributed by atoms with Crippen LogP contribution in [-0.4, -0.2) is 26.2 Å². The van der Waals surface area contributed by atoms with E-state index in [0.717, 1.165) is 31.4 Å². The molecule has 0 unspecified atom stereocenters. The molecule has 1 amide bonds. The van der Waals surface area contributed by atoms with Gasteiger partial charge in [-0.15, -0.1) is 0 Å². The monoisotopic (exact) mass is 250 g/mol. The number of nitrogen functional groups attached to an aromatic ring is 1. The number of hydrogen-bond acceptors (Lipinski definition) is 3. The Morgan fingerprint density at radius 2 is 2.11 bits per heavy atom. The number of methoxy groups -OCH3 is 1. The minimum atomic E-state index is -0.0616. The van der Waals surface area contributed by atoms with E-state index in [1.54, 1.807) is 19.2 Å². The Bertz CT molecular complexity index is 391. The van der Waals surface area contributed by atoms with Gasteiger partial charge in [-0.25, -0.2) is 0 Å². The smallest absolute Gasteiger partial charge is 0.251 e. The number of rotatable bonds is 7. The Labute approximate surface area is 109 Å². The van der Waals surface area contributed by atoms with Crippen LogP contribution in [0.4, 0.5) is 5.69 Å². The van der Waals surface area contributed by atoms with Crippen molar-refractivity contribution in [2.24, 2.45) is 0 Å². The second kappa shape index (κ2) is 7.71. The summed E-state index contributed by atoms with van der Waals surface area (Å²) in [7, 11) is 1.70. The molecule has 0 aliphatic rings. The van der Waals surface area contributed by atoms with Crippen molar-refractivity contribution in [2.45, 2.75) is 26.2 Å². The topological polar surface area (TPSA) is 64.3 Å². The van der Waals surface area contributed by atoms with Gasteiger partial charge in [0.2, 0.25) is 0 Å². The molecule has 3 N–H and O–H groups in total. The standard InChI is InChI=1S/C14H22N2O2/c1-11-6-7-12(10-13(11)15)14(17)16-8-4-3-5-9-18-2/h6-7,10H,3-5,8-9,15H2,1-2H3,(H,16,17). The van der Waals surface area contributed by atoms with E-state index >= 15 is 0 Å². The van der Waals surface area contributed by atoms with Crippen LogP contribution in [0.25, 0.3) is 0 Å². The molecular formula is C14H22N2O2. The summed E-state index contributed by atoms with van der Waals surface area (Å²) in [4.78, 5) is 11.8. The number of carbonyl (C=O) groups excluding carboxylic acids is 1. The van der Waals surface area contributed by atoms with Crippen molar-refractivity contribution in [1.29, 1.82) is 0 Å². The van der Waals surface area contributed by atoms with E-state index in [9.17, 15) is 4.79 Å². The lowest BCUT2D eigenvalue weighted by Crippen LogP contribution is -2.24. The van der Waals surface area contributed by atoms with E-state index in [1.807, 2.05) is 13.0 Å². The van der Waals surface area contributed by atoms with Crippen LogP contribution in [0.2, 0.25) is 0 Å². The summed E-state index contributed by atoms with van der Waals surface area (Å²) in [5.41, 5.74) is 8.04. The van der Waals surface area contributed by atoms with E-state index in [1.165, 1.54) is 0 Å². The van der Waals surface area contributed by atoms with E-state index in [0.29, 0.717) is 17.8 Å². The molecular weight excluding hydrogens is 228 g/mol. The zero-order valence-electron chi connectivity index (χ0n) is 11.2. The van der Waals surface area contributed by atoms with Crippen LogP contribution in [-0.2, 0) is 4.74 Å². The maximum Gasteiger partial charge on any atom is 0.251 e. The molecule has 1 aromatic rings. The van der Waals surface area contributed by atoms with E-state index < -0.39 is 0 Å². The number of hydrogen-bond donors (Lipinski definition) is 2. The fourth-order valence-electron chi connectivity index (χ4n) is 1.63. The summed E-state index contributed by atoms with van der Waals surface area (Å²) in [6.07, 6.45) is 3.06. The molecule has 0 bridgehead atoms. The van der Waals surface area contributed by atoms with E-state index in [2.05, 4.69) is 5.32 Å². The molecule has 0 aliphatic heterocycles. The quantitative estimate of drug-likeness (QED) is 0.575. The van der Waals surface area contributed by atoms with E-state index in [4.69, 9.17) is 10.5 Å². The first-order valence-corrected chi connectivity index (χ1v) is 6.28. The third kappa shape index (κ3) is 4.75. The maximum atomic E-state index is 11.8. The summed E-state index contributed by atoms with van der Waals surface area (Å²) in [5.74, 6) is -0.0616. The molecule has 0 fully saturated rings. The number of nitrogens with two attached hydrogens (primary N) is 1. The molecule has 0 saturated carbocycles. The summed E-state index contributed by atoms with van der Waals surface area (Å²) < 4.78 is 4.96. The Kier molecular flexibility index (Phi) is 6.22. The lowest BCUT2D eigenvalue weighted by molar-refractivity contribution is 0.0952. The van der Waals surface area contributed by atoms with E-state index in [-0.39, 0.29) is 5.91 Å². The van der Waals surface area contributed by atoms with Gasteiger partial charge < -0.3 is 15.8 Å². The second-order valence-electron chi connectivity index (χ2n) is 4.38. The average molecular weight is 250 g/mol. The number of ether oxygens (including phenoxy) is 1. The van der Waals surface area contributed by atoms with Gasteiger partial charge in [0.05, 0.1) is 0 Å². The molecule has 0 atom stereocenters. The van der Waals surface area contributed by atoms with Crippen molar-refractivity contribution in [3.05, 3.63) is 29.3 Å². The number of benzene rings is 1. The number of nitrogens with one attached hydrogen (secondary N) is 1. The average Bonchev–Trinajstić information content (AvgIpc) is 2.36. The first-order chi connectivity index (χ1) is 8.65. The van der Waals surface area contributed by atoms with Crippen molar-refractivity contribution >= 4 is 11.6 Å². The van der Waals surface area contributed by atoms with Crippen molar-refractivity contribution in [1.82, 2.24) is 5.32 Å². The first-order valence-electron chi connectivity index (χ1n) is 6.28. The molecule has 0 heterocycles. The molecule has 18 heavy (non-hydrogen) atoms. The fraction of sp³-hybridized carbons (Fsp3) is 0.500. The predicted octanol–water partition coefficient (Wildman–Crippen LogP) is 2.12. The maximum absolute atomic E-state index is 11.8. The van der Waals surface area contributed by atoms with Gasteiger partial charge in [0.25, 0.3) is 5.91 Å². The molecule has 0 aliphatic carbocycles. The summed E-state index contributed by atoms with van der Waals surface area (Å²) >= 11 is 0. The Hall–Kier alpha value is -1.55. The number of carbonyl (C=O) groups is 1. The van der Waals surface area contributed by atoms with Gasteiger partial charge in [-0.1, -0.05) is 6.07 Å². The summed E-state index contributed by atoms with van der Waals surface area (Å²) in [6, 6.07) is 5.38. The molecule has 0 radical (unpaired) electrons. The van der Waals surface area contributed by atoms with Gasteiger partial charge in [-0.2, -0.15) is 0 Å². The molecule has 1 aromatic carbocycles. The van der Waals surface area contributed by atoms with Gasteiger partial charge in [-0.3, -0.25) is 4.79 Å².